The second kappa shape index (κ2) is 5.52. The predicted octanol–water partition coefficient (Wildman–Crippen LogP) is -0.255. The highest BCUT2D eigenvalue weighted by Gasteiger charge is 2.49. The SMILES string of the molecule is [B]C1(c2ccc(Cl)cc2)OC(N)=C(OS(=O)(=O)C([B])([B])C)C1=O. The summed E-state index contributed by atoms with van der Waals surface area (Å²) < 4.78 is 31.2. The molecule has 1 atom stereocenters. The number of nitrogens with two attached hydrogens (primary N) is 1. The van der Waals surface area contributed by atoms with Gasteiger partial charge in [-0.15, -0.1) is 0 Å². The van der Waals surface area contributed by atoms with Gasteiger partial charge in [-0.3, -0.25) is 4.79 Å². The van der Waals surface area contributed by atoms with Gasteiger partial charge in [-0.25, -0.2) is 0 Å². The van der Waals surface area contributed by atoms with Gasteiger partial charge in [0.05, 0.1) is 15.7 Å². The lowest BCUT2D eigenvalue weighted by atomic mass is 9.71. The summed E-state index contributed by atoms with van der Waals surface area (Å²) in [6.07, 6.45) is 0. The minimum absolute atomic E-state index is 0.203. The molecule has 0 saturated carbocycles. The van der Waals surface area contributed by atoms with E-state index in [4.69, 9.17) is 45.6 Å². The summed E-state index contributed by atoms with van der Waals surface area (Å²) in [7, 11) is 11.9. The Bertz CT molecular complexity index is 788. The molecule has 0 bridgehead atoms. The first kappa shape index (κ1) is 17.8. The quantitative estimate of drug-likeness (QED) is 0.596. The minimum Gasteiger partial charge on any atom is -0.467 e. The first-order valence-corrected chi connectivity index (χ1v) is 7.97. The largest absolute Gasteiger partial charge is 0.467 e. The van der Waals surface area contributed by atoms with Crippen molar-refractivity contribution in [2.75, 3.05) is 0 Å². The van der Waals surface area contributed by atoms with Crippen molar-refractivity contribution in [1.29, 1.82) is 0 Å². The van der Waals surface area contributed by atoms with E-state index in [1.165, 1.54) is 24.3 Å². The monoisotopic (exact) mass is 347 g/mol. The zero-order valence-corrected chi connectivity index (χ0v) is 13.5. The van der Waals surface area contributed by atoms with E-state index in [9.17, 15) is 13.2 Å². The highest BCUT2D eigenvalue weighted by Crippen LogP contribution is 2.36. The van der Waals surface area contributed by atoms with Gasteiger partial charge >= 0.3 is 0 Å². The number of Topliss-reactive ketones (excluding diaryl/α,β-unsaturated/α-hetero) is 1. The van der Waals surface area contributed by atoms with Gasteiger partial charge in [0.25, 0.3) is 10.1 Å². The zero-order valence-electron chi connectivity index (χ0n) is 11.9. The Morgan fingerprint density at radius 1 is 1.30 bits per heavy atom. The number of benzene rings is 1. The van der Waals surface area contributed by atoms with E-state index < -0.39 is 37.6 Å². The smallest absolute Gasteiger partial charge is 0.298 e. The highest BCUT2D eigenvalue weighted by atomic mass is 35.5. The van der Waals surface area contributed by atoms with E-state index in [2.05, 4.69) is 4.18 Å². The number of ether oxygens (including phenoxy) is 1. The lowest BCUT2D eigenvalue weighted by Crippen LogP contribution is -2.40. The van der Waals surface area contributed by atoms with Crippen LogP contribution in [-0.2, 0) is 29.3 Å². The lowest BCUT2D eigenvalue weighted by Gasteiger charge is -2.24. The number of ketones is 1. The van der Waals surface area contributed by atoms with Gasteiger partial charge in [0.15, 0.2) is 5.50 Å². The summed E-state index contributed by atoms with van der Waals surface area (Å²) in [5.74, 6) is -2.38. The average Bonchev–Trinajstić information content (AvgIpc) is 2.62. The molecular formula is C12H9B3ClNO5S. The third-order valence-corrected chi connectivity index (χ3v) is 4.76. The number of hydrogen-bond donors (Lipinski definition) is 1. The standard InChI is InChI=1S/C12H9B3ClNO5S/c1-11(13,14)23(19,20)22-8-9(18)12(15,21-10(8)17)6-2-4-7(16)5-3-6/h2-5H,17H2,1H3. The molecule has 6 radical (unpaired) electrons. The highest BCUT2D eigenvalue weighted by molar-refractivity contribution is 7.91. The first-order valence-electron chi connectivity index (χ1n) is 6.19. The van der Waals surface area contributed by atoms with Crippen LogP contribution in [0.25, 0.3) is 0 Å². The Balaban J connectivity index is 2.37. The molecule has 0 fully saturated rings. The van der Waals surface area contributed by atoms with Crippen LogP contribution >= 0.6 is 11.6 Å². The molecule has 1 aromatic rings. The van der Waals surface area contributed by atoms with Crippen molar-refractivity contribution in [3.63, 3.8) is 0 Å². The summed E-state index contributed by atoms with van der Waals surface area (Å²) in [4.78, 5) is 12.4. The van der Waals surface area contributed by atoms with Gasteiger partial charge in [0.2, 0.25) is 17.4 Å². The third-order valence-electron chi connectivity index (χ3n) is 3.04. The molecule has 1 aliphatic heterocycles. The van der Waals surface area contributed by atoms with E-state index in [0.717, 1.165) is 6.92 Å². The number of hydrogen-bond acceptors (Lipinski definition) is 6. The van der Waals surface area contributed by atoms with Crippen molar-refractivity contribution in [3.8, 4) is 0 Å². The fourth-order valence-corrected chi connectivity index (χ4v) is 2.40. The Kier molecular flexibility index (Phi) is 4.28. The summed E-state index contributed by atoms with van der Waals surface area (Å²) in [6, 6.07) is 5.82. The first-order chi connectivity index (χ1) is 10.4. The van der Waals surface area contributed by atoms with Crippen molar-refractivity contribution in [1.82, 2.24) is 0 Å². The van der Waals surface area contributed by atoms with Crippen LogP contribution in [0.2, 0.25) is 5.02 Å². The summed E-state index contributed by atoms with van der Waals surface area (Å²) in [5, 5.41) is 0.407. The molecule has 114 valence electrons. The third kappa shape index (κ3) is 3.10. The summed E-state index contributed by atoms with van der Waals surface area (Å²) in [5.41, 5.74) is 3.68. The van der Waals surface area contributed by atoms with E-state index in [1.807, 2.05) is 0 Å². The van der Waals surface area contributed by atoms with Crippen LogP contribution in [0.3, 0.4) is 0 Å². The number of rotatable bonds is 4. The molecular weight excluding hydrogens is 338 g/mol. The van der Waals surface area contributed by atoms with Crippen LogP contribution in [0.15, 0.2) is 35.9 Å². The predicted molar refractivity (Wildman–Crippen MR) is 86.1 cm³/mol. The molecule has 0 aromatic heterocycles. The lowest BCUT2D eigenvalue weighted by molar-refractivity contribution is -0.126. The molecule has 2 rings (SSSR count). The van der Waals surface area contributed by atoms with E-state index in [0.29, 0.717) is 5.02 Å². The number of halogens is 1. The molecule has 0 spiro atoms. The fraction of sp³-hybridized carbons (Fsp3) is 0.250. The van der Waals surface area contributed by atoms with Gasteiger partial charge in [-0.1, -0.05) is 30.7 Å². The summed E-state index contributed by atoms with van der Waals surface area (Å²) >= 11 is 5.76. The van der Waals surface area contributed by atoms with Crippen LogP contribution in [0.5, 0.6) is 0 Å². The van der Waals surface area contributed by atoms with Gasteiger partial charge in [-0.05, 0) is 17.7 Å². The molecule has 2 N–H and O–H groups in total. The molecule has 23 heavy (non-hydrogen) atoms. The molecule has 1 heterocycles. The van der Waals surface area contributed by atoms with Crippen molar-refractivity contribution in [2.45, 2.75) is 17.0 Å². The topological polar surface area (TPSA) is 95.7 Å². The molecule has 1 aliphatic rings. The maximum absolute atomic E-state index is 12.4. The van der Waals surface area contributed by atoms with Crippen LogP contribution < -0.4 is 5.73 Å². The molecule has 6 nitrogen and oxygen atoms in total. The second-order valence-electron chi connectivity index (χ2n) is 5.09. The summed E-state index contributed by atoms with van der Waals surface area (Å²) in [6.45, 7) is 0.980. The number of carbonyl (C=O) groups excluding carboxylic acids is 1. The average molecular weight is 347 g/mol. The molecule has 0 saturated heterocycles. The molecule has 11 heteroatoms. The van der Waals surface area contributed by atoms with Crippen molar-refractivity contribution < 1.29 is 22.1 Å². The Labute approximate surface area is 142 Å². The Morgan fingerprint density at radius 3 is 2.30 bits per heavy atom. The maximum atomic E-state index is 12.4. The van der Waals surface area contributed by atoms with Crippen LogP contribution in [0, 0.1) is 0 Å². The van der Waals surface area contributed by atoms with Crippen molar-refractivity contribution >= 4 is 51.0 Å². The zero-order chi connectivity index (χ0) is 17.6. The normalized spacial score (nSPS) is 22.1. The van der Waals surface area contributed by atoms with E-state index in [-0.39, 0.29) is 5.56 Å². The van der Waals surface area contributed by atoms with Gasteiger partial charge in [0.1, 0.15) is 7.85 Å². The maximum Gasteiger partial charge on any atom is 0.298 e. The second-order valence-corrected chi connectivity index (χ2v) is 7.48. The van der Waals surface area contributed by atoms with Crippen LogP contribution in [0.4, 0.5) is 0 Å². The van der Waals surface area contributed by atoms with Crippen molar-refractivity contribution in [3.05, 3.63) is 46.5 Å². The molecule has 0 aliphatic carbocycles. The van der Waals surface area contributed by atoms with E-state index >= 15 is 0 Å². The van der Waals surface area contributed by atoms with Gasteiger partial charge < -0.3 is 14.7 Å². The minimum atomic E-state index is -4.55. The number of carbonyl (C=O) groups is 1. The van der Waals surface area contributed by atoms with Crippen LogP contribution in [0.1, 0.15) is 12.5 Å². The Hall–Kier alpha value is -1.54. The molecule has 1 aromatic carbocycles. The molecule has 1 unspecified atom stereocenters. The van der Waals surface area contributed by atoms with Gasteiger partial charge in [0, 0.05) is 9.57 Å². The Morgan fingerprint density at radius 2 is 1.83 bits per heavy atom. The van der Waals surface area contributed by atoms with E-state index in [1.54, 1.807) is 0 Å². The fourth-order valence-electron chi connectivity index (χ4n) is 1.71. The van der Waals surface area contributed by atoms with Crippen LogP contribution in [-0.4, -0.2) is 42.3 Å². The van der Waals surface area contributed by atoms with Gasteiger partial charge in [-0.2, -0.15) is 8.42 Å². The molecule has 0 amide bonds. The van der Waals surface area contributed by atoms with Crippen molar-refractivity contribution in [2.24, 2.45) is 5.73 Å².